The lowest BCUT2D eigenvalue weighted by Crippen LogP contribution is -2.30. The van der Waals surface area contributed by atoms with E-state index in [9.17, 15) is 14.4 Å². The molecule has 0 saturated carbocycles. The van der Waals surface area contributed by atoms with Crippen LogP contribution in [0.2, 0.25) is 0 Å². The van der Waals surface area contributed by atoms with Gasteiger partial charge in [-0.25, -0.2) is 0 Å². The van der Waals surface area contributed by atoms with Crippen molar-refractivity contribution in [1.29, 1.82) is 0 Å². The summed E-state index contributed by atoms with van der Waals surface area (Å²) < 4.78 is 16.8. The quantitative estimate of drug-likeness (QED) is 0.0346. The Balaban J connectivity index is 4.29. The maximum atomic E-state index is 12.7. The molecule has 0 heterocycles. The molecule has 1 atom stereocenters. The zero-order valence-electron chi connectivity index (χ0n) is 39.7. The number of esters is 3. The summed E-state index contributed by atoms with van der Waals surface area (Å²) in [5.74, 6) is 0.809. The SMILES string of the molecule is CCCCCCCCCCCCCC(=O)O[C@@H](COC(=O)CCCCCCCCCCCCCCCC(C)C)COC(=O)CCCCCCCCCCCCC(C)C. The Hall–Kier alpha value is -1.59. The van der Waals surface area contributed by atoms with E-state index < -0.39 is 6.10 Å². The molecule has 0 aromatic heterocycles. The molecule has 0 N–H and O–H groups in total. The third-order valence-electron chi connectivity index (χ3n) is 11.7. The fraction of sp³-hybridized carbons (Fsp3) is 0.942. The highest BCUT2D eigenvalue weighted by Gasteiger charge is 2.19. The van der Waals surface area contributed by atoms with Crippen LogP contribution in [0, 0.1) is 11.8 Å². The Labute approximate surface area is 361 Å². The van der Waals surface area contributed by atoms with Gasteiger partial charge >= 0.3 is 17.9 Å². The topological polar surface area (TPSA) is 78.9 Å². The molecule has 0 saturated heterocycles. The Bertz CT molecular complexity index is 885. The van der Waals surface area contributed by atoms with Crippen molar-refractivity contribution in [2.75, 3.05) is 13.2 Å². The molecule has 0 aromatic rings. The Kier molecular flexibility index (Phi) is 43.7. The summed E-state index contributed by atoms with van der Waals surface area (Å²) in [4.78, 5) is 37.9. The minimum atomic E-state index is -0.761. The second-order valence-corrected chi connectivity index (χ2v) is 18.8. The van der Waals surface area contributed by atoms with E-state index in [0.29, 0.717) is 19.3 Å². The van der Waals surface area contributed by atoms with Gasteiger partial charge in [0.1, 0.15) is 13.2 Å². The van der Waals surface area contributed by atoms with Gasteiger partial charge in [0.25, 0.3) is 0 Å². The monoisotopic (exact) mass is 821 g/mol. The minimum absolute atomic E-state index is 0.0637. The molecule has 0 radical (unpaired) electrons. The second kappa shape index (κ2) is 44.9. The fourth-order valence-corrected chi connectivity index (χ4v) is 7.81. The number of rotatable bonds is 46. The van der Waals surface area contributed by atoms with Gasteiger partial charge < -0.3 is 14.2 Å². The van der Waals surface area contributed by atoms with Crippen LogP contribution in [0.1, 0.15) is 285 Å². The van der Waals surface area contributed by atoms with E-state index in [0.717, 1.165) is 69.6 Å². The molecule has 0 spiro atoms. The highest BCUT2D eigenvalue weighted by atomic mass is 16.6. The van der Waals surface area contributed by atoms with Gasteiger partial charge in [-0.15, -0.1) is 0 Å². The van der Waals surface area contributed by atoms with Gasteiger partial charge in [0.15, 0.2) is 6.10 Å². The first-order valence-corrected chi connectivity index (χ1v) is 25.7. The molecule has 0 rings (SSSR count). The molecular weight excluding hydrogens is 721 g/mol. The number of carbonyl (C=O) groups is 3. The maximum absolute atomic E-state index is 12.7. The largest absolute Gasteiger partial charge is 0.462 e. The van der Waals surface area contributed by atoms with Crippen LogP contribution in [0.15, 0.2) is 0 Å². The van der Waals surface area contributed by atoms with Crippen LogP contribution in [0.3, 0.4) is 0 Å². The summed E-state index contributed by atoms with van der Waals surface area (Å²) in [5.41, 5.74) is 0. The van der Waals surface area contributed by atoms with E-state index in [2.05, 4.69) is 34.6 Å². The molecule has 0 aliphatic rings. The number of unbranched alkanes of at least 4 members (excludes halogenated alkanes) is 31. The van der Waals surface area contributed by atoms with Crippen LogP contribution >= 0.6 is 0 Å². The number of carbonyl (C=O) groups excluding carboxylic acids is 3. The minimum Gasteiger partial charge on any atom is -0.462 e. The fourth-order valence-electron chi connectivity index (χ4n) is 7.81. The Morgan fingerprint density at radius 2 is 0.569 bits per heavy atom. The van der Waals surface area contributed by atoms with Gasteiger partial charge in [-0.1, -0.05) is 247 Å². The molecule has 58 heavy (non-hydrogen) atoms. The summed E-state index contributed by atoms with van der Waals surface area (Å²) in [6.45, 7) is 11.4. The van der Waals surface area contributed by atoms with Crippen molar-refractivity contribution in [3.05, 3.63) is 0 Å². The van der Waals surface area contributed by atoms with Gasteiger partial charge in [-0.05, 0) is 31.1 Å². The zero-order valence-corrected chi connectivity index (χ0v) is 39.7. The lowest BCUT2D eigenvalue weighted by molar-refractivity contribution is -0.167. The van der Waals surface area contributed by atoms with Gasteiger partial charge in [0, 0.05) is 19.3 Å². The third kappa shape index (κ3) is 45.5. The van der Waals surface area contributed by atoms with E-state index >= 15 is 0 Å². The molecule has 0 amide bonds. The average molecular weight is 821 g/mol. The normalized spacial score (nSPS) is 12.1. The summed E-state index contributed by atoms with van der Waals surface area (Å²) in [5, 5.41) is 0. The van der Waals surface area contributed by atoms with Crippen LogP contribution in [-0.2, 0) is 28.6 Å². The van der Waals surface area contributed by atoms with Crippen molar-refractivity contribution in [2.45, 2.75) is 291 Å². The van der Waals surface area contributed by atoms with E-state index in [-0.39, 0.29) is 31.1 Å². The van der Waals surface area contributed by atoms with E-state index in [1.54, 1.807) is 0 Å². The van der Waals surface area contributed by atoms with Gasteiger partial charge in [0.2, 0.25) is 0 Å². The van der Waals surface area contributed by atoms with Crippen LogP contribution in [0.25, 0.3) is 0 Å². The summed E-state index contributed by atoms with van der Waals surface area (Å²) in [6, 6.07) is 0. The summed E-state index contributed by atoms with van der Waals surface area (Å²) >= 11 is 0. The number of hydrogen-bond acceptors (Lipinski definition) is 6. The van der Waals surface area contributed by atoms with E-state index in [1.165, 1.54) is 173 Å². The van der Waals surface area contributed by atoms with Crippen LogP contribution < -0.4 is 0 Å². The van der Waals surface area contributed by atoms with Crippen LogP contribution in [0.5, 0.6) is 0 Å². The molecule has 0 unspecified atom stereocenters. The van der Waals surface area contributed by atoms with Gasteiger partial charge in [-0.3, -0.25) is 14.4 Å². The average Bonchev–Trinajstić information content (AvgIpc) is 3.19. The van der Waals surface area contributed by atoms with Crippen LogP contribution in [-0.4, -0.2) is 37.2 Å². The van der Waals surface area contributed by atoms with Crippen molar-refractivity contribution in [1.82, 2.24) is 0 Å². The maximum Gasteiger partial charge on any atom is 0.306 e. The lowest BCUT2D eigenvalue weighted by atomic mass is 10.0. The Morgan fingerprint density at radius 1 is 0.328 bits per heavy atom. The standard InChI is InChI=1S/C52H100O6/c1-6-7-8-9-10-11-15-24-29-34-39-44-52(55)58-49(46-57-51(54)43-38-33-28-23-19-18-21-26-31-36-41-48(4)5)45-56-50(53)42-37-32-27-22-17-14-12-13-16-20-25-30-35-40-47(2)3/h47-49H,6-46H2,1-5H3/t49-/m0/s1. The molecule has 0 aliphatic heterocycles. The molecular formula is C52H100O6. The zero-order chi connectivity index (χ0) is 42.6. The van der Waals surface area contributed by atoms with Crippen molar-refractivity contribution >= 4 is 17.9 Å². The molecule has 0 fully saturated rings. The molecule has 0 aliphatic carbocycles. The van der Waals surface area contributed by atoms with Crippen molar-refractivity contribution in [3.8, 4) is 0 Å². The second-order valence-electron chi connectivity index (χ2n) is 18.8. The smallest absolute Gasteiger partial charge is 0.306 e. The van der Waals surface area contributed by atoms with Crippen molar-refractivity contribution < 1.29 is 28.6 Å². The predicted octanol–water partition coefficient (Wildman–Crippen LogP) is 16.5. The van der Waals surface area contributed by atoms with Crippen molar-refractivity contribution in [3.63, 3.8) is 0 Å². The predicted molar refractivity (Wildman–Crippen MR) is 247 cm³/mol. The van der Waals surface area contributed by atoms with Gasteiger partial charge in [0.05, 0.1) is 0 Å². The highest BCUT2D eigenvalue weighted by Crippen LogP contribution is 2.17. The third-order valence-corrected chi connectivity index (χ3v) is 11.7. The number of ether oxygens (including phenoxy) is 3. The molecule has 0 aromatic carbocycles. The summed E-state index contributed by atoms with van der Waals surface area (Å²) in [7, 11) is 0. The number of hydrogen-bond donors (Lipinski definition) is 0. The Morgan fingerprint density at radius 3 is 0.845 bits per heavy atom. The molecule has 344 valence electrons. The molecule has 6 nitrogen and oxygen atoms in total. The first-order valence-electron chi connectivity index (χ1n) is 25.7. The van der Waals surface area contributed by atoms with Crippen molar-refractivity contribution in [2.24, 2.45) is 11.8 Å². The molecule has 0 bridgehead atoms. The van der Waals surface area contributed by atoms with Crippen LogP contribution in [0.4, 0.5) is 0 Å². The van der Waals surface area contributed by atoms with E-state index in [1.807, 2.05) is 0 Å². The lowest BCUT2D eigenvalue weighted by Gasteiger charge is -2.18. The first kappa shape index (κ1) is 56.4. The van der Waals surface area contributed by atoms with E-state index in [4.69, 9.17) is 14.2 Å². The van der Waals surface area contributed by atoms with Gasteiger partial charge in [-0.2, -0.15) is 0 Å². The highest BCUT2D eigenvalue weighted by molar-refractivity contribution is 5.71. The molecule has 6 heteroatoms. The summed E-state index contributed by atoms with van der Waals surface area (Å²) in [6.07, 6.45) is 45.1. The first-order chi connectivity index (χ1) is 28.2.